The van der Waals surface area contributed by atoms with Gasteiger partial charge in [0.05, 0.1) is 20.3 Å². The van der Waals surface area contributed by atoms with Gasteiger partial charge in [-0.15, -0.1) is 0 Å². The fourth-order valence-corrected chi connectivity index (χ4v) is 4.61. The second-order valence-corrected chi connectivity index (χ2v) is 8.70. The highest BCUT2D eigenvalue weighted by Gasteiger charge is 2.31. The van der Waals surface area contributed by atoms with Crippen LogP contribution < -0.4 is 19.5 Å². The van der Waals surface area contributed by atoms with Crippen molar-refractivity contribution in [1.29, 1.82) is 0 Å². The first-order valence-electron chi connectivity index (χ1n) is 11.7. The van der Waals surface area contributed by atoms with Crippen molar-refractivity contribution in [2.45, 2.75) is 32.4 Å². The topological polar surface area (TPSA) is 43.0 Å². The molecule has 178 valence electrons. The highest BCUT2D eigenvalue weighted by Crippen LogP contribution is 2.38. The van der Waals surface area contributed by atoms with E-state index in [1.54, 1.807) is 14.2 Å². The molecule has 5 nitrogen and oxygen atoms in total. The molecule has 0 fully saturated rings. The third-order valence-corrected chi connectivity index (χ3v) is 6.67. The normalized spacial score (nSPS) is 14.8. The van der Waals surface area contributed by atoms with E-state index in [2.05, 4.69) is 53.5 Å². The molecule has 0 amide bonds. The van der Waals surface area contributed by atoms with Crippen LogP contribution in [0.5, 0.6) is 17.2 Å². The van der Waals surface area contributed by atoms with E-state index in [9.17, 15) is 0 Å². The molecule has 1 heterocycles. The molecule has 0 saturated carbocycles. The summed E-state index contributed by atoms with van der Waals surface area (Å²) >= 11 is 5.86. The number of rotatable bonds is 8. The molecule has 4 rings (SSSR count). The van der Waals surface area contributed by atoms with E-state index < -0.39 is 0 Å². The molecular weight excluding hydrogens is 444 g/mol. The van der Waals surface area contributed by atoms with Crippen molar-refractivity contribution in [1.82, 2.24) is 10.2 Å². The smallest absolute Gasteiger partial charge is 0.169 e. The molecule has 0 spiro atoms. The molecular formula is C28H32N2O3S. The lowest BCUT2D eigenvalue weighted by atomic mass is 9.92. The molecule has 0 radical (unpaired) electrons. The number of fused-ring (bicyclic) bond motifs is 1. The van der Waals surface area contributed by atoms with Crippen molar-refractivity contribution in [3.63, 3.8) is 0 Å². The quantitative estimate of drug-likeness (QED) is 0.444. The Hall–Kier alpha value is -3.25. The molecule has 6 heteroatoms. The van der Waals surface area contributed by atoms with E-state index in [0.29, 0.717) is 18.9 Å². The van der Waals surface area contributed by atoms with Crippen molar-refractivity contribution < 1.29 is 14.2 Å². The maximum atomic E-state index is 6.27. The number of nitrogens with zero attached hydrogens (tertiary/aromatic N) is 1. The third kappa shape index (κ3) is 5.45. The molecule has 1 N–H and O–H groups in total. The van der Waals surface area contributed by atoms with Gasteiger partial charge in [0.1, 0.15) is 12.4 Å². The molecule has 0 saturated heterocycles. The van der Waals surface area contributed by atoms with Gasteiger partial charge < -0.3 is 24.4 Å². The van der Waals surface area contributed by atoms with E-state index in [-0.39, 0.29) is 6.04 Å². The summed E-state index contributed by atoms with van der Waals surface area (Å²) in [4.78, 5) is 2.23. The summed E-state index contributed by atoms with van der Waals surface area (Å²) in [7, 11) is 3.33. The fraction of sp³-hybridized carbons (Fsp3) is 0.321. The van der Waals surface area contributed by atoms with Gasteiger partial charge in [-0.05, 0) is 71.6 Å². The Morgan fingerprint density at radius 2 is 1.68 bits per heavy atom. The summed E-state index contributed by atoms with van der Waals surface area (Å²) in [6.45, 7) is 4.10. The number of thiocarbonyl (C=S) groups is 1. The van der Waals surface area contributed by atoms with Crippen LogP contribution in [0.15, 0.2) is 66.7 Å². The van der Waals surface area contributed by atoms with E-state index in [1.807, 2.05) is 30.3 Å². The van der Waals surface area contributed by atoms with Gasteiger partial charge in [-0.3, -0.25) is 0 Å². The van der Waals surface area contributed by atoms with Gasteiger partial charge >= 0.3 is 0 Å². The largest absolute Gasteiger partial charge is 0.493 e. The first kappa shape index (κ1) is 23.9. The minimum atomic E-state index is -0.0508. The van der Waals surface area contributed by atoms with Crippen molar-refractivity contribution in [2.75, 3.05) is 27.4 Å². The van der Waals surface area contributed by atoms with Gasteiger partial charge in [0.15, 0.2) is 16.6 Å². The highest BCUT2D eigenvalue weighted by atomic mass is 32.1. The number of hydrogen-bond acceptors (Lipinski definition) is 4. The third-order valence-electron chi connectivity index (χ3n) is 6.29. The van der Waals surface area contributed by atoms with Gasteiger partial charge in [0.25, 0.3) is 0 Å². The molecule has 0 bridgehead atoms. The zero-order valence-electron chi connectivity index (χ0n) is 20.0. The summed E-state index contributed by atoms with van der Waals surface area (Å²) in [5.41, 5.74) is 4.87. The predicted octanol–water partition coefficient (Wildman–Crippen LogP) is 5.32. The summed E-state index contributed by atoms with van der Waals surface area (Å²) in [6.07, 6.45) is 1.87. The lowest BCUT2D eigenvalue weighted by Crippen LogP contribution is -2.47. The first-order valence-corrected chi connectivity index (χ1v) is 12.1. The van der Waals surface area contributed by atoms with Gasteiger partial charge in [0.2, 0.25) is 0 Å². The number of benzene rings is 3. The number of aryl methyl sites for hydroxylation is 1. The molecule has 3 aromatic rings. The van der Waals surface area contributed by atoms with Crippen molar-refractivity contribution in [3.05, 3.63) is 89.0 Å². The summed E-state index contributed by atoms with van der Waals surface area (Å²) in [6, 6.07) is 22.7. The van der Waals surface area contributed by atoms with Crippen LogP contribution in [-0.2, 0) is 19.4 Å². The summed E-state index contributed by atoms with van der Waals surface area (Å²) in [5.74, 6) is 2.31. The van der Waals surface area contributed by atoms with Gasteiger partial charge in [-0.1, -0.05) is 49.4 Å². The SMILES string of the molecule is CCc1ccc(OC[C@H]2c3cc(OC)c(OC)cc3CCN2C(=S)NCc2ccccc2)cc1. The van der Waals surface area contributed by atoms with E-state index in [0.717, 1.165) is 41.6 Å². The average molecular weight is 477 g/mol. The van der Waals surface area contributed by atoms with Crippen LogP contribution >= 0.6 is 12.2 Å². The van der Waals surface area contributed by atoms with Crippen molar-refractivity contribution in [2.24, 2.45) is 0 Å². The second kappa shape index (κ2) is 11.3. The maximum absolute atomic E-state index is 6.27. The Kier molecular flexibility index (Phi) is 7.91. The number of nitrogens with one attached hydrogen (secondary N) is 1. The van der Waals surface area contributed by atoms with E-state index in [1.165, 1.54) is 16.7 Å². The number of ether oxygens (including phenoxy) is 3. The zero-order valence-corrected chi connectivity index (χ0v) is 20.9. The molecule has 0 unspecified atom stereocenters. The molecule has 0 aliphatic carbocycles. The molecule has 1 atom stereocenters. The summed E-state index contributed by atoms with van der Waals surface area (Å²) in [5, 5.41) is 4.16. The van der Waals surface area contributed by atoms with Crippen LogP contribution in [0, 0.1) is 0 Å². The molecule has 1 aliphatic rings. The van der Waals surface area contributed by atoms with Crippen LogP contribution in [0.1, 0.15) is 35.2 Å². The number of methoxy groups -OCH3 is 2. The Balaban J connectivity index is 1.58. The molecule has 0 aromatic heterocycles. The molecule has 1 aliphatic heterocycles. The fourth-order valence-electron chi connectivity index (χ4n) is 4.32. The van der Waals surface area contributed by atoms with Crippen LogP contribution in [0.2, 0.25) is 0 Å². The lowest BCUT2D eigenvalue weighted by molar-refractivity contribution is 0.187. The monoisotopic (exact) mass is 476 g/mol. The Bertz CT molecular complexity index is 1100. The van der Waals surface area contributed by atoms with Gasteiger partial charge in [-0.2, -0.15) is 0 Å². The van der Waals surface area contributed by atoms with Crippen LogP contribution in [0.25, 0.3) is 0 Å². The minimum Gasteiger partial charge on any atom is -0.493 e. The van der Waals surface area contributed by atoms with Crippen LogP contribution in [0.4, 0.5) is 0 Å². The predicted molar refractivity (Wildman–Crippen MR) is 140 cm³/mol. The maximum Gasteiger partial charge on any atom is 0.169 e. The minimum absolute atomic E-state index is 0.0508. The van der Waals surface area contributed by atoms with E-state index >= 15 is 0 Å². The lowest BCUT2D eigenvalue weighted by Gasteiger charge is -2.39. The van der Waals surface area contributed by atoms with Crippen molar-refractivity contribution in [3.8, 4) is 17.2 Å². The van der Waals surface area contributed by atoms with Gasteiger partial charge in [-0.25, -0.2) is 0 Å². The van der Waals surface area contributed by atoms with Crippen LogP contribution in [-0.4, -0.2) is 37.4 Å². The molecule has 3 aromatic carbocycles. The van der Waals surface area contributed by atoms with Crippen LogP contribution in [0.3, 0.4) is 0 Å². The number of hydrogen-bond donors (Lipinski definition) is 1. The second-order valence-electron chi connectivity index (χ2n) is 8.32. The van der Waals surface area contributed by atoms with Gasteiger partial charge in [0, 0.05) is 13.1 Å². The average Bonchev–Trinajstić information content (AvgIpc) is 2.90. The highest BCUT2D eigenvalue weighted by molar-refractivity contribution is 7.80. The summed E-state index contributed by atoms with van der Waals surface area (Å²) < 4.78 is 17.4. The molecule has 34 heavy (non-hydrogen) atoms. The zero-order chi connectivity index (χ0) is 23.9. The van der Waals surface area contributed by atoms with Crippen molar-refractivity contribution >= 4 is 17.3 Å². The Labute approximate surface area is 207 Å². The Morgan fingerprint density at radius 1 is 0.971 bits per heavy atom. The van der Waals surface area contributed by atoms with E-state index in [4.69, 9.17) is 26.4 Å². The Morgan fingerprint density at radius 3 is 2.35 bits per heavy atom. The standard InChI is InChI=1S/C28H32N2O3S/c1-4-20-10-12-23(13-11-20)33-19-25-24-17-27(32-3)26(31-2)16-22(24)14-15-30(25)28(34)29-18-21-8-6-5-7-9-21/h5-13,16-17,25H,4,14-15,18-19H2,1-3H3,(H,29,34)/t25-/m0/s1. The first-order chi connectivity index (χ1) is 16.6.